The first-order valence-corrected chi connectivity index (χ1v) is 7.94. The molecule has 2 N–H and O–H groups in total. The molecule has 1 rings (SSSR count). The summed E-state index contributed by atoms with van der Waals surface area (Å²) >= 11 is 0. The second-order valence-corrected chi connectivity index (χ2v) is 7.36. The van der Waals surface area contributed by atoms with Crippen LogP contribution in [-0.4, -0.2) is 47.8 Å². The van der Waals surface area contributed by atoms with Crippen LogP contribution in [0.2, 0.25) is 0 Å². The van der Waals surface area contributed by atoms with Crippen LogP contribution < -0.4 is 5.32 Å². The molecule has 3 nitrogen and oxygen atoms in total. The number of likely N-dealkylation sites (N-methyl/N-ethyl adjacent to an activating group) is 1. The third-order valence-electron chi connectivity index (χ3n) is 4.17. The number of nitrogens with one attached hydrogen (secondary N) is 1. The summed E-state index contributed by atoms with van der Waals surface area (Å²) in [6.45, 7) is 14.5. The molecule has 0 unspecified atom stereocenters. The van der Waals surface area contributed by atoms with Gasteiger partial charge in [-0.05, 0) is 38.6 Å². The molecule has 0 atom stereocenters. The maximum Gasteiger partial charge on any atom is 0.0718 e. The predicted molar refractivity (Wildman–Crippen MR) is 82.5 cm³/mol. The molecule has 0 spiro atoms. The van der Waals surface area contributed by atoms with E-state index < -0.39 is 5.60 Å². The zero-order chi connectivity index (χ0) is 14.5. The summed E-state index contributed by atoms with van der Waals surface area (Å²) in [6, 6.07) is 0.557. The fraction of sp³-hybridized carbons (Fsp3) is 1.00. The van der Waals surface area contributed by atoms with Crippen molar-refractivity contribution in [1.29, 1.82) is 0 Å². The van der Waals surface area contributed by atoms with Gasteiger partial charge >= 0.3 is 0 Å². The van der Waals surface area contributed by atoms with E-state index in [9.17, 15) is 5.11 Å². The van der Waals surface area contributed by atoms with Crippen molar-refractivity contribution in [2.24, 2.45) is 5.41 Å². The Morgan fingerprint density at radius 2 is 1.84 bits per heavy atom. The molecule has 0 radical (unpaired) electrons. The molecule has 114 valence electrons. The first kappa shape index (κ1) is 16.9. The maximum atomic E-state index is 10.0. The minimum atomic E-state index is -0.596. The van der Waals surface area contributed by atoms with Gasteiger partial charge in [-0.2, -0.15) is 0 Å². The third-order valence-corrected chi connectivity index (χ3v) is 4.17. The first-order valence-electron chi connectivity index (χ1n) is 7.94. The smallest absolute Gasteiger partial charge is 0.0718 e. The summed E-state index contributed by atoms with van der Waals surface area (Å²) in [4.78, 5) is 2.42. The zero-order valence-electron chi connectivity index (χ0n) is 13.6. The van der Waals surface area contributed by atoms with Gasteiger partial charge in [0.25, 0.3) is 0 Å². The van der Waals surface area contributed by atoms with Gasteiger partial charge in [-0.1, -0.05) is 33.6 Å². The number of nitrogens with zero attached hydrogens (tertiary/aromatic N) is 1. The highest BCUT2D eigenvalue weighted by Crippen LogP contribution is 2.38. The molecule has 0 bridgehead atoms. The Kier molecular flexibility index (Phi) is 6.28. The minimum Gasteiger partial charge on any atom is -0.389 e. The molecule has 1 saturated carbocycles. The standard InChI is InChI=1S/C16H34N2O/c1-6-18(12-15(4,5)19)13-16(9-7-8-10-16)11-17-14(2)3/h14,17,19H,6-13H2,1-5H3. The molecule has 0 amide bonds. The Morgan fingerprint density at radius 3 is 2.26 bits per heavy atom. The Morgan fingerprint density at radius 1 is 1.26 bits per heavy atom. The van der Waals surface area contributed by atoms with E-state index in [0.717, 1.165) is 26.2 Å². The van der Waals surface area contributed by atoms with Crippen molar-refractivity contribution >= 4 is 0 Å². The van der Waals surface area contributed by atoms with E-state index in [0.29, 0.717) is 11.5 Å². The normalized spacial score (nSPS) is 19.6. The van der Waals surface area contributed by atoms with E-state index in [4.69, 9.17) is 0 Å². The van der Waals surface area contributed by atoms with Crippen LogP contribution in [0, 0.1) is 5.41 Å². The molecule has 0 heterocycles. The summed E-state index contributed by atoms with van der Waals surface area (Å²) in [6.07, 6.45) is 5.38. The summed E-state index contributed by atoms with van der Waals surface area (Å²) in [7, 11) is 0. The summed E-state index contributed by atoms with van der Waals surface area (Å²) in [5.41, 5.74) is -0.174. The van der Waals surface area contributed by atoms with Gasteiger partial charge in [0.2, 0.25) is 0 Å². The van der Waals surface area contributed by atoms with Crippen molar-refractivity contribution in [2.45, 2.75) is 71.9 Å². The van der Waals surface area contributed by atoms with Crippen molar-refractivity contribution in [3.63, 3.8) is 0 Å². The number of aliphatic hydroxyl groups is 1. The van der Waals surface area contributed by atoms with Gasteiger partial charge in [0.05, 0.1) is 5.60 Å². The van der Waals surface area contributed by atoms with Crippen LogP contribution >= 0.6 is 0 Å². The van der Waals surface area contributed by atoms with Gasteiger partial charge in [0.15, 0.2) is 0 Å². The van der Waals surface area contributed by atoms with E-state index in [1.54, 1.807) is 0 Å². The molecule has 3 heteroatoms. The van der Waals surface area contributed by atoms with Crippen molar-refractivity contribution in [2.75, 3.05) is 26.2 Å². The Balaban J connectivity index is 2.60. The third kappa shape index (κ3) is 6.24. The van der Waals surface area contributed by atoms with E-state index in [1.165, 1.54) is 25.7 Å². The summed E-state index contributed by atoms with van der Waals surface area (Å²) in [5.74, 6) is 0. The number of hydrogen-bond donors (Lipinski definition) is 2. The van der Waals surface area contributed by atoms with Gasteiger partial charge < -0.3 is 15.3 Å². The highest BCUT2D eigenvalue weighted by atomic mass is 16.3. The molecule has 1 fully saturated rings. The lowest BCUT2D eigenvalue weighted by Gasteiger charge is -2.38. The molecular formula is C16H34N2O. The fourth-order valence-corrected chi connectivity index (χ4v) is 3.24. The topological polar surface area (TPSA) is 35.5 Å². The van der Waals surface area contributed by atoms with E-state index in [-0.39, 0.29) is 0 Å². The maximum absolute atomic E-state index is 10.0. The number of hydrogen-bond acceptors (Lipinski definition) is 3. The largest absolute Gasteiger partial charge is 0.389 e. The first-order chi connectivity index (χ1) is 8.76. The van der Waals surface area contributed by atoms with Crippen molar-refractivity contribution in [3.05, 3.63) is 0 Å². The highest BCUT2D eigenvalue weighted by molar-refractivity contribution is 4.90. The van der Waals surface area contributed by atoms with Crippen molar-refractivity contribution in [3.8, 4) is 0 Å². The molecule has 0 aromatic rings. The Hall–Kier alpha value is -0.120. The average molecular weight is 270 g/mol. The summed E-state index contributed by atoms with van der Waals surface area (Å²) < 4.78 is 0. The molecule has 0 aliphatic heterocycles. The monoisotopic (exact) mass is 270 g/mol. The van der Waals surface area contributed by atoms with E-state index >= 15 is 0 Å². The SMILES string of the molecule is CCN(CC(C)(C)O)CC1(CNC(C)C)CCCC1. The van der Waals surface area contributed by atoms with Crippen LogP contribution in [-0.2, 0) is 0 Å². The Bertz CT molecular complexity index is 252. The molecule has 0 saturated heterocycles. The molecule has 0 aromatic heterocycles. The second-order valence-electron chi connectivity index (χ2n) is 7.36. The molecule has 0 aromatic carbocycles. The second kappa shape index (κ2) is 7.05. The molecule has 1 aliphatic carbocycles. The van der Waals surface area contributed by atoms with E-state index in [2.05, 4.69) is 31.0 Å². The van der Waals surface area contributed by atoms with Crippen LogP contribution in [0.4, 0.5) is 0 Å². The van der Waals surface area contributed by atoms with Crippen LogP contribution in [0.5, 0.6) is 0 Å². The molecule has 1 aliphatic rings. The average Bonchev–Trinajstić information content (AvgIpc) is 2.73. The Labute approximate surface area is 119 Å². The van der Waals surface area contributed by atoms with Gasteiger partial charge in [-0.25, -0.2) is 0 Å². The lowest BCUT2D eigenvalue weighted by molar-refractivity contribution is 0.0219. The minimum absolute atomic E-state index is 0.422. The van der Waals surface area contributed by atoms with Gasteiger partial charge in [-0.3, -0.25) is 0 Å². The van der Waals surface area contributed by atoms with Crippen LogP contribution in [0.25, 0.3) is 0 Å². The van der Waals surface area contributed by atoms with Gasteiger partial charge in [0, 0.05) is 25.7 Å². The van der Waals surface area contributed by atoms with Crippen LogP contribution in [0.1, 0.15) is 60.3 Å². The molecule has 19 heavy (non-hydrogen) atoms. The lowest BCUT2D eigenvalue weighted by atomic mass is 9.84. The number of rotatable bonds is 8. The van der Waals surface area contributed by atoms with Crippen molar-refractivity contribution in [1.82, 2.24) is 10.2 Å². The quantitative estimate of drug-likeness (QED) is 0.712. The van der Waals surface area contributed by atoms with Crippen LogP contribution in [0.3, 0.4) is 0 Å². The van der Waals surface area contributed by atoms with Gasteiger partial charge in [-0.15, -0.1) is 0 Å². The highest BCUT2D eigenvalue weighted by Gasteiger charge is 2.36. The van der Waals surface area contributed by atoms with Crippen molar-refractivity contribution < 1.29 is 5.11 Å². The molecular weight excluding hydrogens is 236 g/mol. The zero-order valence-corrected chi connectivity index (χ0v) is 13.6. The lowest BCUT2D eigenvalue weighted by Crippen LogP contribution is -2.47. The summed E-state index contributed by atoms with van der Waals surface area (Å²) in [5, 5.41) is 13.7. The van der Waals surface area contributed by atoms with Gasteiger partial charge in [0.1, 0.15) is 0 Å². The fourth-order valence-electron chi connectivity index (χ4n) is 3.24. The predicted octanol–water partition coefficient (Wildman–Crippen LogP) is 2.64. The van der Waals surface area contributed by atoms with E-state index in [1.807, 2.05) is 13.8 Å². The van der Waals surface area contributed by atoms with Crippen LogP contribution in [0.15, 0.2) is 0 Å².